The average Bonchev–Trinajstić information content (AvgIpc) is 2.70. The minimum absolute atomic E-state index is 0.00677. The molecule has 0 spiro atoms. The van der Waals surface area contributed by atoms with E-state index in [0.717, 1.165) is 23.1 Å². The summed E-state index contributed by atoms with van der Waals surface area (Å²) in [6.45, 7) is 1.49. The molecule has 2 aliphatic heterocycles. The van der Waals surface area contributed by atoms with Crippen molar-refractivity contribution in [3.05, 3.63) is 59.7 Å². The molecule has 2 aromatic rings. The molecule has 0 atom stereocenters. The van der Waals surface area contributed by atoms with E-state index in [4.69, 9.17) is 0 Å². The zero-order valence-corrected chi connectivity index (χ0v) is 15.0. The van der Waals surface area contributed by atoms with Crippen molar-refractivity contribution in [2.75, 3.05) is 19.6 Å². The number of hydrogen-bond acceptors (Lipinski definition) is 3. The highest BCUT2D eigenvalue weighted by Crippen LogP contribution is 2.26. The Bertz CT molecular complexity index is 895. The summed E-state index contributed by atoms with van der Waals surface area (Å²) >= 11 is 0. The number of nitrogens with zero attached hydrogens (tertiary/aromatic N) is 2. The van der Waals surface area contributed by atoms with E-state index in [0.29, 0.717) is 19.6 Å². The minimum atomic E-state index is -0.483. The molecule has 0 aromatic heterocycles. The second-order valence-corrected chi connectivity index (χ2v) is 6.94. The fourth-order valence-electron chi connectivity index (χ4n) is 3.59. The molecule has 6 heteroatoms. The Kier molecular flexibility index (Phi) is 4.62. The largest absolute Gasteiger partial charge is 0.336 e. The molecule has 0 aliphatic carbocycles. The summed E-state index contributed by atoms with van der Waals surface area (Å²) in [5.41, 5.74) is 4.70. The van der Waals surface area contributed by atoms with Crippen molar-refractivity contribution in [1.29, 1.82) is 0 Å². The lowest BCUT2D eigenvalue weighted by Crippen LogP contribution is -2.53. The van der Waals surface area contributed by atoms with Crippen LogP contribution in [0.25, 0.3) is 11.1 Å². The standard InChI is InChI=1S/C21H21N3O3/c25-19-9-11-24(21(27)22-19)14-20(26)23-10-8-16-6-7-17(12-18(16)13-23)15-4-2-1-3-5-15/h1-7,12H,8-11,13-14H2,(H,22,25,27). The van der Waals surface area contributed by atoms with Gasteiger partial charge in [-0.1, -0.05) is 42.5 Å². The van der Waals surface area contributed by atoms with Gasteiger partial charge in [-0.05, 0) is 34.7 Å². The highest BCUT2D eigenvalue weighted by molar-refractivity contribution is 5.98. The van der Waals surface area contributed by atoms with Gasteiger partial charge in [0.2, 0.25) is 11.8 Å². The Morgan fingerprint density at radius 2 is 1.74 bits per heavy atom. The molecule has 2 aliphatic rings. The second-order valence-electron chi connectivity index (χ2n) is 6.94. The molecule has 2 aromatic carbocycles. The van der Waals surface area contributed by atoms with Crippen LogP contribution in [-0.2, 0) is 22.6 Å². The van der Waals surface area contributed by atoms with Crippen LogP contribution in [0, 0.1) is 0 Å². The fourth-order valence-corrected chi connectivity index (χ4v) is 3.59. The third kappa shape index (κ3) is 3.69. The summed E-state index contributed by atoms with van der Waals surface area (Å²) in [6, 6.07) is 16.1. The number of rotatable bonds is 3. The van der Waals surface area contributed by atoms with Crippen molar-refractivity contribution in [2.45, 2.75) is 19.4 Å². The molecule has 27 heavy (non-hydrogen) atoms. The number of carbonyl (C=O) groups is 3. The first-order chi connectivity index (χ1) is 13.1. The van der Waals surface area contributed by atoms with Gasteiger partial charge < -0.3 is 9.80 Å². The van der Waals surface area contributed by atoms with E-state index < -0.39 is 6.03 Å². The number of hydrogen-bond donors (Lipinski definition) is 1. The molecule has 0 bridgehead atoms. The zero-order valence-electron chi connectivity index (χ0n) is 15.0. The van der Waals surface area contributed by atoms with Crippen LogP contribution in [-0.4, -0.2) is 47.3 Å². The predicted molar refractivity (Wildman–Crippen MR) is 101 cm³/mol. The third-order valence-electron chi connectivity index (χ3n) is 5.15. The molecule has 4 rings (SSSR count). The Labute approximate surface area is 157 Å². The number of urea groups is 1. The van der Waals surface area contributed by atoms with Crippen molar-refractivity contribution >= 4 is 17.8 Å². The number of carbonyl (C=O) groups excluding carboxylic acids is 3. The van der Waals surface area contributed by atoms with Crippen molar-refractivity contribution < 1.29 is 14.4 Å². The molecule has 0 unspecified atom stereocenters. The first kappa shape index (κ1) is 17.3. The van der Waals surface area contributed by atoms with Gasteiger partial charge in [0.15, 0.2) is 0 Å². The van der Waals surface area contributed by atoms with Crippen LogP contribution in [0.2, 0.25) is 0 Å². The lowest BCUT2D eigenvalue weighted by molar-refractivity contribution is -0.133. The van der Waals surface area contributed by atoms with Crippen LogP contribution in [0.5, 0.6) is 0 Å². The molecule has 138 valence electrons. The van der Waals surface area contributed by atoms with Gasteiger partial charge in [0.05, 0.1) is 0 Å². The molecule has 6 nitrogen and oxygen atoms in total. The Balaban J connectivity index is 1.46. The van der Waals surface area contributed by atoms with E-state index in [-0.39, 0.29) is 24.8 Å². The van der Waals surface area contributed by atoms with Gasteiger partial charge in [-0.3, -0.25) is 14.9 Å². The summed E-state index contributed by atoms with van der Waals surface area (Å²) in [5.74, 6) is -0.376. The first-order valence-electron chi connectivity index (χ1n) is 9.14. The van der Waals surface area contributed by atoms with E-state index in [1.165, 1.54) is 10.5 Å². The number of benzene rings is 2. The summed E-state index contributed by atoms with van der Waals surface area (Å²) in [6.07, 6.45) is 1.04. The normalized spacial score (nSPS) is 16.7. The summed E-state index contributed by atoms with van der Waals surface area (Å²) in [4.78, 5) is 39.0. The molecule has 2 heterocycles. The van der Waals surface area contributed by atoms with Crippen LogP contribution in [0.1, 0.15) is 17.5 Å². The molecular formula is C21H21N3O3. The number of fused-ring (bicyclic) bond motifs is 1. The van der Waals surface area contributed by atoms with Crippen LogP contribution in [0.3, 0.4) is 0 Å². The molecule has 1 fully saturated rings. The second kappa shape index (κ2) is 7.23. The topological polar surface area (TPSA) is 69.7 Å². The van der Waals surface area contributed by atoms with Crippen molar-refractivity contribution in [2.24, 2.45) is 0 Å². The Morgan fingerprint density at radius 1 is 0.926 bits per heavy atom. The zero-order chi connectivity index (χ0) is 18.8. The third-order valence-corrected chi connectivity index (χ3v) is 5.15. The van der Waals surface area contributed by atoms with E-state index in [2.05, 4.69) is 35.6 Å². The van der Waals surface area contributed by atoms with E-state index in [1.54, 1.807) is 4.90 Å². The lowest BCUT2D eigenvalue weighted by Gasteiger charge is -2.32. The van der Waals surface area contributed by atoms with Gasteiger partial charge in [0.1, 0.15) is 6.54 Å². The first-order valence-corrected chi connectivity index (χ1v) is 9.14. The lowest BCUT2D eigenvalue weighted by atomic mass is 9.94. The Hall–Kier alpha value is -3.15. The highest BCUT2D eigenvalue weighted by Gasteiger charge is 2.28. The SMILES string of the molecule is O=C1CCN(CC(=O)N2CCc3ccc(-c4ccccc4)cc3C2)C(=O)N1. The van der Waals surface area contributed by atoms with Gasteiger partial charge in [-0.15, -0.1) is 0 Å². The average molecular weight is 363 g/mol. The van der Waals surface area contributed by atoms with E-state index in [1.807, 2.05) is 18.2 Å². The number of nitrogens with one attached hydrogen (secondary N) is 1. The molecular weight excluding hydrogens is 342 g/mol. The maximum Gasteiger partial charge on any atom is 0.324 e. The maximum atomic E-state index is 12.7. The smallest absolute Gasteiger partial charge is 0.324 e. The van der Waals surface area contributed by atoms with Crippen LogP contribution in [0.4, 0.5) is 4.79 Å². The summed E-state index contributed by atoms with van der Waals surface area (Å²) < 4.78 is 0. The van der Waals surface area contributed by atoms with E-state index in [9.17, 15) is 14.4 Å². The molecule has 0 radical (unpaired) electrons. The monoisotopic (exact) mass is 363 g/mol. The van der Waals surface area contributed by atoms with Gasteiger partial charge in [0, 0.05) is 26.1 Å². The van der Waals surface area contributed by atoms with Crippen LogP contribution >= 0.6 is 0 Å². The van der Waals surface area contributed by atoms with Gasteiger partial charge >= 0.3 is 6.03 Å². The number of imide groups is 1. The van der Waals surface area contributed by atoms with Crippen LogP contribution < -0.4 is 5.32 Å². The van der Waals surface area contributed by atoms with Crippen LogP contribution in [0.15, 0.2) is 48.5 Å². The Morgan fingerprint density at radius 3 is 2.52 bits per heavy atom. The summed E-state index contributed by atoms with van der Waals surface area (Å²) in [5, 5.41) is 2.26. The predicted octanol–water partition coefficient (Wildman–Crippen LogP) is 2.18. The minimum Gasteiger partial charge on any atom is -0.336 e. The van der Waals surface area contributed by atoms with Gasteiger partial charge in [-0.2, -0.15) is 0 Å². The molecule has 4 amide bonds. The van der Waals surface area contributed by atoms with Crippen molar-refractivity contribution in [1.82, 2.24) is 15.1 Å². The highest BCUT2D eigenvalue weighted by atomic mass is 16.2. The fraction of sp³-hybridized carbons (Fsp3) is 0.286. The van der Waals surface area contributed by atoms with Crippen molar-refractivity contribution in [3.63, 3.8) is 0 Å². The summed E-state index contributed by atoms with van der Waals surface area (Å²) in [7, 11) is 0. The van der Waals surface area contributed by atoms with Gasteiger partial charge in [0.25, 0.3) is 0 Å². The molecule has 1 N–H and O–H groups in total. The molecule has 0 saturated carbocycles. The van der Waals surface area contributed by atoms with Gasteiger partial charge in [-0.25, -0.2) is 4.79 Å². The quantitative estimate of drug-likeness (QED) is 0.909. The maximum absolute atomic E-state index is 12.7. The van der Waals surface area contributed by atoms with Crippen molar-refractivity contribution in [3.8, 4) is 11.1 Å². The number of amides is 4. The van der Waals surface area contributed by atoms with E-state index >= 15 is 0 Å². The molecule has 1 saturated heterocycles.